The summed E-state index contributed by atoms with van der Waals surface area (Å²) in [5.41, 5.74) is 4.42. The maximum absolute atomic E-state index is 13.7. The van der Waals surface area contributed by atoms with Gasteiger partial charge < -0.3 is 10.1 Å². The van der Waals surface area contributed by atoms with Gasteiger partial charge in [0.25, 0.3) is 0 Å². The molecule has 3 aromatic carbocycles. The van der Waals surface area contributed by atoms with E-state index in [4.69, 9.17) is 4.74 Å². The predicted molar refractivity (Wildman–Crippen MR) is 136 cm³/mol. The van der Waals surface area contributed by atoms with Crippen LogP contribution in [0.4, 0.5) is 10.5 Å². The minimum absolute atomic E-state index is 0.136. The first-order chi connectivity index (χ1) is 17.1. The molecule has 2 atom stereocenters. The molecule has 6 heteroatoms. The molecule has 5 rings (SSSR count). The fourth-order valence-corrected chi connectivity index (χ4v) is 4.70. The number of hydrogen-bond donors (Lipinski definition) is 1. The maximum Gasteiger partial charge on any atom is 0.410 e. The summed E-state index contributed by atoms with van der Waals surface area (Å²) in [5.74, 6) is -0.384. The number of para-hydroxylation sites is 1. The fraction of sp³-hybridized carbons (Fsp3) is 0.207. The third kappa shape index (κ3) is 4.87. The Bertz CT molecular complexity index is 1330. The van der Waals surface area contributed by atoms with Crippen LogP contribution in [0, 0.1) is 6.92 Å². The molecule has 1 saturated heterocycles. The van der Waals surface area contributed by atoms with Gasteiger partial charge in [0.2, 0.25) is 5.91 Å². The number of aromatic nitrogens is 1. The minimum atomic E-state index is -0.694. The van der Waals surface area contributed by atoms with Gasteiger partial charge in [-0.05, 0) is 36.6 Å². The van der Waals surface area contributed by atoms with Crippen LogP contribution in [0.5, 0.6) is 0 Å². The van der Waals surface area contributed by atoms with E-state index in [1.807, 2.05) is 91.9 Å². The molecule has 4 aromatic rings. The SMILES string of the molecule is Cc1ccc([C@@H]2CCN(C(=O)OCc3ccccc3)[C@@H]2C(=O)Nc2cccc3cccnc23)cc1. The van der Waals surface area contributed by atoms with Crippen LogP contribution in [-0.2, 0) is 16.1 Å². The van der Waals surface area contributed by atoms with E-state index in [2.05, 4.69) is 10.3 Å². The zero-order valence-corrected chi connectivity index (χ0v) is 19.6. The van der Waals surface area contributed by atoms with Gasteiger partial charge in [0.05, 0.1) is 11.2 Å². The summed E-state index contributed by atoms with van der Waals surface area (Å²) >= 11 is 0. The van der Waals surface area contributed by atoms with Gasteiger partial charge in [-0.3, -0.25) is 14.7 Å². The monoisotopic (exact) mass is 465 g/mol. The number of likely N-dealkylation sites (tertiary alicyclic amines) is 1. The minimum Gasteiger partial charge on any atom is -0.445 e. The van der Waals surface area contributed by atoms with E-state index in [1.165, 1.54) is 0 Å². The van der Waals surface area contributed by atoms with Crippen molar-refractivity contribution in [2.45, 2.75) is 31.9 Å². The summed E-state index contributed by atoms with van der Waals surface area (Å²) in [6.45, 7) is 2.63. The lowest BCUT2D eigenvalue weighted by Crippen LogP contribution is -2.45. The number of nitrogens with one attached hydrogen (secondary N) is 1. The number of amides is 2. The summed E-state index contributed by atoms with van der Waals surface area (Å²) in [5, 5.41) is 3.98. The standard InChI is InChI=1S/C29H27N3O3/c1-20-12-14-22(15-13-20)24-16-18-32(29(34)35-19-21-7-3-2-4-8-21)27(24)28(33)31-25-11-5-9-23-10-6-17-30-26(23)25/h2-15,17,24,27H,16,18-19H2,1H3,(H,31,33)/t24-,27-/m0/s1. The average Bonchev–Trinajstić information content (AvgIpc) is 3.34. The van der Waals surface area contributed by atoms with Crippen LogP contribution in [0.25, 0.3) is 10.9 Å². The van der Waals surface area contributed by atoms with Crippen molar-refractivity contribution in [1.29, 1.82) is 0 Å². The highest BCUT2D eigenvalue weighted by Gasteiger charge is 2.43. The van der Waals surface area contributed by atoms with E-state index in [-0.39, 0.29) is 18.4 Å². The highest BCUT2D eigenvalue weighted by Crippen LogP contribution is 2.35. The summed E-state index contributed by atoms with van der Waals surface area (Å²) in [7, 11) is 0. The Labute approximate surface area is 204 Å². The van der Waals surface area contributed by atoms with Gasteiger partial charge in [-0.25, -0.2) is 4.79 Å². The van der Waals surface area contributed by atoms with Crippen molar-refractivity contribution in [3.8, 4) is 0 Å². The predicted octanol–water partition coefficient (Wildman–Crippen LogP) is 5.68. The van der Waals surface area contributed by atoms with Crippen molar-refractivity contribution in [2.75, 3.05) is 11.9 Å². The third-order valence-electron chi connectivity index (χ3n) is 6.50. The van der Waals surface area contributed by atoms with E-state index in [1.54, 1.807) is 11.1 Å². The Morgan fingerprint density at radius 1 is 0.971 bits per heavy atom. The van der Waals surface area contributed by atoms with Crippen LogP contribution in [-0.4, -0.2) is 34.5 Å². The quantitative estimate of drug-likeness (QED) is 0.412. The van der Waals surface area contributed by atoms with Gasteiger partial charge in [0, 0.05) is 24.0 Å². The van der Waals surface area contributed by atoms with E-state index < -0.39 is 12.1 Å². The van der Waals surface area contributed by atoms with Crippen molar-refractivity contribution in [2.24, 2.45) is 0 Å². The lowest BCUT2D eigenvalue weighted by molar-refractivity contribution is -0.120. The van der Waals surface area contributed by atoms with E-state index in [0.29, 0.717) is 24.2 Å². The molecule has 1 aliphatic rings. The number of carbonyl (C=O) groups excluding carboxylic acids is 2. The molecule has 35 heavy (non-hydrogen) atoms. The first kappa shape index (κ1) is 22.6. The van der Waals surface area contributed by atoms with Gasteiger partial charge >= 0.3 is 6.09 Å². The molecule has 0 radical (unpaired) electrons. The van der Waals surface area contributed by atoms with Crippen molar-refractivity contribution in [3.05, 3.63) is 108 Å². The number of aryl methyl sites for hydroxylation is 1. The van der Waals surface area contributed by atoms with Gasteiger partial charge in [-0.15, -0.1) is 0 Å². The molecule has 1 N–H and O–H groups in total. The number of ether oxygens (including phenoxy) is 1. The molecule has 176 valence electrons. The van der Waals surface area contributed by atoms with Crippen molar-refractivity contribution in [3.63, 3.8) is 0 Å². The summed E-state index contributed by atoms with van der Waals surface area (Å²) in [6, 6.07) is 26.5. The molecule has 0 bridgehead atoms. The summed E-state index contributed by atoms with van der Waals surface area (Å²) in [6.07, 6.45) is 1.89. The molecule has 0 aliphatic carbocycles. The Kier molecular flexibility index (Phi) is 6.44. The number of anilines is 1. The molecule has 1 aromatic heterocycles. The molecule has 2 heterocycles. The van der Waals surface area contributed by atoms with Gasteiger partial charge in [-0.1, -0.05) is 78.4 Å². The molecule has 2 amide bonds. The van der Waals surface area contributed by atoms with Crippen molar-refractivity contribution in [1.82, 2.24) is 9.88 Å². The van der Waals surface area contributed by atoms with Crippen LogP contribution >= 0.6 is 0 Å². The average molecular weight is 466 g/mol. The first-order valence-corrected chi connectivity index (χ1v) is 11.8. The first-order valence-electron chi connectivity index (χ1n) is 11.8. The van der Waals surface area contributed by atoms with Crippen molar-refractivity contribution < 1.29 is 14.3 Å². The summed E-state index contributed by atoms with van der Waals surface area (Å²) in [4.78, 5) is 32.9. The largest absolute Gasteiger partial charge is 0.445 e. The third-order valence-corrected chi connectivity index (χ3v) is 6.50. The smallest absolute Gasteiger partial charge is 0.410 e. The lowest BCUT2D eigenvalue weighted by atomic mass is 9.90. The topological polar surface area (TPSA) is 71.5 Å². The number of pyridine rings is 1. The second-order valence-corrected chi connectivity index (χ2v) is 8.85. The molecular weight excluding hydrogens is 438 g/mol. The fourth-order valence-electron chi connectivity index (χ4n) is 4.70. The van der Waals surface area contributed by atoms with Crippen LogP contribution in [0.3, 0.4) is 0 Å². The van der Waals surface area contributed by atoms with Gasteiger partial charge in [-0.2, -0.15) is 0 Å². The maximum atomic E-state index is 13.7. The zero-order valence-electron chi connectivity index (χ0n) is 19.6. The Balaban J connectivity index is 1.42. The molecular formula is C29H27N3O3. The Morgan fingerprint density at radius 2 is 1.74 bits per heavy atom. The molecule has 1 aliphatic heterocycles. The van der Waals surface area contributed by atoms with E-state index >= 15 is 0 Å². The Hall–Kier alpha value is -4.19. The van der Waals surface area contributed by atoms with Crippen LogP contribution in [0.15, 0.2) is 91.1 Å². The second kappa shape index (κ2) is 9.97. The molecule has 1 fully saturated rings. The molecule has 0 unspecified atom stereocenters. The second-order valence-electron chi connectivity index (χ2n) is 8.85. The number of benzene rings is 3. The highest BCUT2D eigenvalue weighted by atomic mass is 16.6. The molecule has 0 saturated carbocycles. The van der Waals surface area contributed by atoms with Crippen molar-refractivity contribution >= 4 is 28.6 Å². The molecule has 0 spiro atoms. The Morgan fingerprint density at radius 3 is 2.54 bits per heavy atom. The summed E-state index contributed by atoms with van der Waals surface area (Å²) < 4.78 is 5.61. The number of hydrogen-bond acceptors (Lipinski definition) is 4. The number of fused-ring (bicyclic) bond motifs is 1. The molecule has 6 nitrogen and oxygen atoms in total. The lowest BCUT2D eigenvalue weighted by Gasteiger charge is -2.27. The zero-order chi connectivity index (χ0) is 24.2. The normalized spacial score (nSPS) is 17.3. The van der Waals surface area contributed by atoms with Crippen LogP contribution in [0.1, 0.15) is 29.0 Å². The number of nitrogens with zero attached hydrogens (tertiary/aromatic N) is 2. The highest BCUT2D eigenvalue weighted by molar-refractivity contribution is 6.03. The van der Waals surface area contributed by atoms with E-state index in [0.717, 1.165) is 22.1 Å². The van der Waals surface area contributed by atoms with Gasteiger partial charge in [0.1, 0.15) is 12.6 Å². The number of rotatable bonds is 5. The van der Waals surface area contributed by atoms with Crippen LogP contribution in [0.2, 0.25) is 0 Å². The van der Waals surface area contributed by atoms with Gasteiger partial charge in [0.15, 0.2) is 0 Å². The number of carbonyl (C=O) groups is 2. The van der Waals surface area contributed by atoms with Crippen LogP contribution < -0.4 is 5.32 Å². The van der Waals surface area contributed by atoms with E-state index in [9.17, 15) is 9.59 Å².